The molecule has 2 aromatic heterocycles. The quantitative estimate of drug-likeness (QED) is 0.677. The Kier molecular flexibility index (Phi) is 5.64. The highest BCUT2D eigenvalue weighted by Gasteiger charge is 2.13. The Labute approximate surface area is 149 Å². The summed E-state index contributed by atoms with van der Waals surface area (Å²) >= 11 is 1.63. The van der Waals surface area contributed by atoms with Gasteiger partial charge in [-0.3, -0.25) is 9.59 Å². The smallest absolute Gasteiger partial charge is 0.253 e. The standard InChI is InChI=1S/C19H18N2O3S/c22-18(10-9-15-6-4-12-25-15)21-17-8-2-1-7-16(17)19(23)20-13-14-5-3-11-24-14/h1-8,11-12H,9-10,13H2,(H,20,23)(H,21,22). The van der Waals surface area contributed by atoms with Crippen molar-refractivity contribution < 1.29 is 14.0 Å². The number of rotatable bonds is 7. The molecule has 0 saturated heterocycles. The van der Waals surface area contributed by atoms with Crippen molar-refractivity contribution in [3.63, 3.8) is 0 Å². The van der Waals surface area contributed by atoms with Crippen LogP contribution in [0.5, 0.6) is 0 Å². The van der Waals surface area contributed by atoms with E-state index < -0.39 is 0 Å². The number of aryl methyl sites for hydroxylation is 1. The number of amides is 2. The van der Waals surface area contributed by atoms with E-state index in [-0.39, 0.29) is 11.8 Å². The molecule has 0 spiro atoms. The van der Waals surface area contributed by atoms with Crippen LogP contribution in [0.3, 0.4) is 0 Å². The predicted octanol–water partition coefficient (Wildman–Crippen LogP) is 3.84. The van der Waals surface area contributed by atoms with E-state index in [1.807, 2.05) is 17.5 Å². The van der Waals surface area contributed by atoms with E-state index in [4.69, 9.17) is 4.42 Å². The van der Waals surface area contributed by atoms with Crippen molar-refractivity contribution in [3.05, 3.63) is 76.4 Å². The molecule has 2 heterocycles. The molecule has 6 heteroatoms. The molecule has 0 fully saturated rings. The lowest BCUT2D eigenvalue weighted by atomic mass is 10.1. The first-order chi connectivity index (χ1) is 12.2. The van der Waals surface area contributed by atoms with Crippen LogP contribution in [-0.4, -0.2) is 11.8 Å². The second-order valence-electron chi connectivity index (χ2n) is 5.44. The molecule has 0 unspecified atom stereocenters. The predicted molar refractivity (Wildman–Crippen MR) is 97.6 cm³/mol. The van der Waals surface area contributed by atoms with Crippen LogP contribution in [0.15, 0.2) is 64.6 Å². The van der Waals surface area contributed by atoms with Crippen LogP contribution >= 0.6 is 11.3 Å². The van der Waals surface area contributed by atoms with Crippen LogP contribution in [0.25, 0.3) is 0 Å². The highest BCUT2D eigenvalue weighted by Crippen LogP contribution is 2.17. The van der Waals surface area contributed by atoms with Gasteiger partial charge < -0.3 is 15.1 Å². The van der Waals surface area contributed by atoms with Gasteiger partial charge in [-0.25, -0.2) is 0 Å². The maximum atomic E-state index is 12.4. The topological polar surface area (TPSA) is 71.3 Å². The van der Waals surface area contributed by atoms with E-state index >= 15 is 0 Å². The highest BCUT2D eigenvalue weighted by atomic mass is 32.1. The summed E-state index contributed by atoms with van der Waals surface area (Å²) in [5, 5.41) is 7.61. The number of anilines is 1. The lowest BCUT2D eigenvalue weighted by Crippen LogP contribution is -2.24. The Balaban J connectivity index is 1.59. The van der Waals surface area contributed by atoms with Gasteiger partial charge in [0.25, 0.3) is 5.91 Å². The first-order valence-corrected chi connectivity index (χ1v) is 8.82. The highest BCUT2D eigenvalue weighted by molar-refractivity contribution is 7.09. The second-order valence-corrected chi connectivity index (χ2v) is 6.47. The van der Waals surface area contributed by atoms with Crippen molar-refractivity contribution >= 4 is 28.8 Å². The van der Waals surface area contributed by atoms with Crippen molar-refractivity contribution in [2.75, 3.05) is 5.32 Å². The van der Waals surface area contributed by atoms with Crippen LogP contribution < -0.4 is 10.6 Å². The molecule has 2 N–H and O–H groups in total. The van der Waals surface area contributed by atoms with Crippen LogP contribution in [-0.2, 0) is 17.8 Å². The third-order valence-electron chi connectivity index (χ3n) is 3.63. The second kappa shape index (κ2) is 8.30. The molecule has 5 nitrogen and oxygen atoms in total. The van der Waals surface area contributed by atoms with Gasteiger partial charge in [0.05, 0.1) is 24.1 Å². The average molecular weight is 354 g/mol. The van der Waals surface area contributed by atoms with Gasteiger partial charge >= 0.3 is 0 Å². The zero-order chi connectivity index (χ0) is 17.5. The van der Waals surface area contributed by atoms with Crippen LogP contribution in [0.4, 0.5) is 5.69 Å². The van der Waals surface area contributed by atoms with Gasteiger partial charge in [0.15, 0.2) is 0 Å². The fourth-order valence-corrected chi connectivity index (χ4v) is 3.08. The van der Waals surface area contributed by atoms with Crippen molar-refractivity contribution in [2.45, 2.75) is 19.4 Å². The molecule has 0 aliphatic carbocycles. The van der Waals surface area contributed by atoms with Crippen LogP contribution in [0.2, 0.25) is 0 Å². The average Bonchev–Trinajstić information content (AvgIpc) is 3.32. The number of thiophene rings is 1. The van der Waals surface area contributed by atoms with Gasteiger partial charge in [-0.2, -0.15) is 0 Å². The third kappa shape index (κ3) is 4.81. The van der Waals surface area contributed by atoms with Gasteiger partial charge in [-0.05, 0) is 42.1 Å². The molecule has 0 atom stereocenters. The molecule has 0 aliphatic heterocycles. The fraction of sp³-hybridized carbons (Fsp3) is 0.158. The number of furan rings is 1. The van der Waals surface area contributed by atoms with Crippen LogP contribution in [0, 0.1) is 0 Å². The number of carbonyl (C=O) groups is 2. The molecule has 3 aromatic rings. The van der Waals surface area contributed by atoms with Crippen molar-refractivity contribution in [1.82, 2.24) is 5.32 Å². The zero-order valence-electron chi connectivity index (χ0n) is 13.5. The van der Waals surface area contributed by atoms with E-state index in [9.17, 15) is 9.59 Å². The molecule has 3 rings (SSSR count). The maximum absolute atomic E-state index is 12.4. The molecular weight excluding hydrogens is 336 g/mol. The van der Waals surface area contributed by atoms with E-state index in [0.29, 0.717) is 36.4 Å². The first-order valence-electron chi connectivity index (χ1n) is 7.94. The minimum atomic E-state index is -0.259. The van der Waals surface area contributed by atoms with Crippen molar-refractivity contribution in [3.8, 4) is 0 Å². The van der Waals surface area contributed by atoms with E-state index in [1.54, 1.807) is 54.0 Å². The Morgan fingerprint density at radius 2 is 1.92 bits per heavy atom. The van der Waals surface area contributed by atoms with Gasteiger partial charge in [-0.15, -0.1) is 11.3 Å². The molecule has 1 aromatic carbocycles. The number of carbonyl (C=O) groups excluding carboxylic acids is 2. The monoisotopic (exact) mass is 354 g/mol. The molecule has 0 radical (unpaired) electrons. The first kappa shape index (κ1) is 17.0. The lowest BCUT2D eigenvalue weighted by Gasteiger charge is -2.11. The van der Waals surface area contributed by atoms with Crippen molar-refractivity contribution in [2.24, 2.45) is 0 Å². The lowest BCUT2D eigenvalue weighted by molar-refractivity contribution is -0.116. The van der Waals surface area contributed by atoms with Gasteiger partial charge in [0.2, 0.25) is 5.91 Å². The zero-order valence-corrected chi connectivity index (χ0v) is 14.3. The summed E-state index contributed by atoms with van der Waals surface area (Å²) in [5.41, 5.74) is 0.939. The van der Waals surface area contributed by atoms with E-state index in [2.05, 4.69) is 10.6 Å². The number of para-hydroxylation sites is 1. The molecule has 0 bridgehead atoms. The van der Waals surface area contributed by atoms with Gasteiger partial charge in [0.1, 0.15) is 5.76 Å². The number of hydrogen-bond donors (Lipinski definition) is 2. The number of nitrogens with one attached hydrogen (secondary N) is 2. The Morgan fingerprint density at radius 3 is 2.68 bits per heavy atom. The van der Waals surface area contributed by atoms with Gasteiger partial charge in [0, 0.05) is 11.3 Å². The third-order valence-corrected chi connectivity index (χ3v) is 4.56. The van der Waals surface area contributed by atoms with Crippen molar-refractivity contribution in [1.29, 1.82) is 0 Å². The summed E-state index contributed by atoms with van der Waals surface area (Å²) in [4.78, 5) is 25.7. The summed E-state index contributed by atoms with van der Waals surface area (Å²) in [5.74, 6) is 0.302. The normalized spacial score (nSPS) is 10.4. The molecule has 0 saturated carbocycles. The summed E-state index contributed by atoms with van der Waals surface area (Å²) in [7, 11) is 0. The minimum Gasteiger partial charge on any atom is -0.467 e. The summed E-state index contributed by atoms with van der Waals surface area (Å²) in [6.07, 6.45) is 2.63. The SMILES string of the molecule is O=C(CCc1cccs1)Nc1ccccc1C(=O)NCc1ccco1. The Hall–Kier alpha value is -2.86. The summed E-state index contributed by atoms with van der Waals surface area (Å²) in [6, 6.07) is 14.5. The van der Waals surface area contributed by atoms with E-state index in [1.165, 1.54) is 4.88 Å². The maximum Gasteiger partial charge on any atom is 0.253 e. The summed E-state index contributed by atoms with van der Waals surface area (Å²) < 4.78 is 5.20. The fourth-order valence-electron chi connectivity index (χ4n) is 2.37. The Bertz CT molecular complexity index is 826. The molecule has 25 heavy (non-hydrogen) atoms. The van der Waals surface area contributed by atoms with Crippen LogP contribution in [0.1, 0.15) is 27.4 Å². The van der Waals surface area contributed by atoms with Gasteiger partial charge in [-0.1, -0.05) is 18.2 Å². The molecular formula is C19H18N2O3S. The summed E-state index contributed by atoms with van der Waals surface area (Å²) in [6.45, 7) is 0.298. The number of benzene rings is 1. The molecule has 0 aliphatic rings. The largest absolute Gasteiger partial charge is 0.467 e. The minimum absolute atomic E-state index is 0.111. The van der Waals surface area contributed by atoms with E-state index in [0.717, 1.165) is 0 Å². The molecule has 128 valence electrons. The number of hydrogen-bond acceptors (Lipinski definition) is 4. The Morgan fingerprint density at radius 1 is 1.04 bits per heavy atom. The molecule has 2 amide bonds.